The van der Waals surface area contributed by atoms with Crippen LogP contribution < -0.4 is 4.74 Å². The Morgan fingerprint density at radius 1 is 0.733 bits per heavy atom. The first-order valence-corrected chi connectivity index (χ1v) is 12.7. The van der Waals surface area contributed by atoms with E-state index in [1.807, 2.05) is 42.5 Å². The fraction of sp³-hybridized carbons (Fsp3) is 0.0400. The molecule has 5 heteroatoms. The number of ether oxygens (including phenoxy) is 1. The average molecular weight is 448 g/mol. The summed E-state index contributed by atoms with van der Waals surface area (Å²) in [5.74, 6) is 0.777. The van der Waals surface area contributed by atoms with E-state index in [-0.39, 0.29) is 10.9 Å². The molecule has 4 aromatic rings. The maximum absolute atomic E-state index is 13.6. The van der Waals surface area contributed by atoms with Gasteiger partial charge in [0.25, 0.3) is 0 Å². The molecule has 0 fully saturated rings. The van der Waals surface area contributed by atoms with E-state index >= 15 is 0 Å². The molecule has 1 aliphatic heterocycles. The van der Waals surface area contributed by atoms with E-state index in [1.54, 1.807) is 18.9 Å². The van der Waals surface area contributed by atoms with Gasteiger partial charge in [0, 0.05) is 11.0 Å². The molecular weight excluding hydrogens is 428 g/mol. The van der Waals surface area contributed by atoms with Gasteiger partial charge in [0.2, 0.25) is 0 Å². The molecule has 4 aromatic carbocycles. The van der Waals surface area contributed by atoms with Gasteiger partial charge in [-0.05, 0) is 48.5 Å². The second-order valence-electron chi connectivity index (χ2n) is 6.70. The van der Waals surface area contributed by atoms with E-state index in [4.69, 9.17) is 4.74 Å². The number of fused-ring (bicyclic) bond motifs is 2. The van der Waals surface area contributed by atoms with Crippen LogP contribution in [-0.2, 0) is 21.7 Å². The first-order chi connectivity index (χ1) is 14.8. The molecule has 30 heavy (non-hydrogen) atoms. The second-order valence-corrected chi connectivity index (χ2v) is 11.2. The minimum absolute atomic E-state index is 0.370. The van der Waals surface area contributed by atoms with E-state index in [0.717, 1.165) is 20.4 Å². The SMILES string of the molecule is COc1ccc(S(=O)c2ccccc2)c([S+]2c3ccccc3Sc3ccccc32)c1. The zero-order valence-electron chi connectivity index (χ0n) is 16.3. The molecule has 0 aromatic heterocycles. The van der Waals surface area contributed by atoms with Gasteiger partial charge in [0.15, 0.2) is 14.7 Å². The van der Waals surface area contributed by atoms with Gasteiger partial charge < -0.3 is 4.74 Å². The van der Waals surface area contributed by atoms with Crippen molar-refractivity contribution < 1.29 is 8.95 Å². The molecule has 1 atom stereocenters. The van der Waals surface area contributed by atoms with E-state index in [1.165, 1.54) is 19.6 Å². The molecule has 0 saturated carbocycles. The molecule has 1 aliphatic rings. The van der Waals surface area contributed by atoms with Crippen LogP contribution >= 0.6 is 11.8 Å². The molecule has 0 aliphatic carbocycles. The standard InChI is InChI=1S/C25H19O2S3/c1-27-18-15-16-24(30(26)19-9-3-2-4-10-19)25(17-18)29-22-13-7-5-11-20(22)28-21-12-6-8-14-23(21)29/h2-17H,1H3/q+1. The third kappa shape index (κ3) is 3.47. The molecule has 0 saturated heterocycles. The van der Waals surface area contributed by atoms with Gasteiger partial charge in [0.05, 0.1) is 32.6 Å². The highest BCUT2D eigenvalue weighted by Crippen LogP contribution is 2.49. The van der Waals surface area contributed by atoms with Crippen LogP contribution in [0, 0.1) is 0 Å². The lowest BCUT2D eigenvalue weighted by atomic mass is 10.3. The molecule has 0 spiro atoms. The maximum Gasteiger partial charge on any atom is 0.186 e. The lowest BCUT2D eigenvalue weighted by molar-refractivity contribution is 0.413. The lowest BCUT2D eigenvalue weighted by Crippen LogP contribution is -2.13. The number of hydrogen-bond acceptors (Lipinski definition) is 3. The molecule has 0 radical (unpaired) electrons. The topological polar surface area (TPSA) is 26.3 Å². The summed E-state index contributed by atoms with van der Waals surface area (Å²) >= 11 is 1.80. The highest BCUT2D eigenvalue weighted by molar-refractivity contribution is 8.04. The Balaban J connectivity index is 1.76. The van der Waals surface area contributed by atoms with Crippen molar-refractivity contribution in [3.8, 4) is 5.75 Å². The van der Waals surface area contributed by atoms with Crippen LogP contribution in [0.4, 0.5) is 0 Å². The van der Waals surface area contributed by atoms with E-state index in [9.17, 15) is 4.21 Å². The van der Waals surface area contributed by atoms with E-state index in [2.05, 4.69) is 54.6 Å². The van der Waals surface area contributed by atoms with Gasteiger partial charge in [-0.15, -0.1) is 0 Å². The predicted octanol–water partition coefficient (Wildman–Crippen LogP) is 6.42. The number of hydrogen-bond donors (Lipinski definition) is 0. The van der Waals surface area contributed by atoms with Gasteiger partial charge >= 0.3 is 0 Å². The normalized spacial score (nSPS) is 13.9. The maximum atomic E-state index is 13.6. The predicted molar refractivity (Wildman–Crippen MR) is 123 cm³/mol. The summed E-state index contributed by atoms with van der Waals surface area (Å²) in [5.41, 5.74) is 0. The lowest BCUT2D eigenvalue weighted by Gasteiger charge is -2.20. The van der Waals surface area contributed by atoms with Crippen molar-refractivity contribution in [3.63, 3.8) is 0 Å². The zero-order chi connectivity index (χ0) is 20.5. The van der Waals surface area contributed by atoms with Crippen LogP contribution in [0.15, 0.2) is 131 Å². The Morgan fingerprint density at radius 3 is 1.97 bits per heavy atom. The summed E-state index contributed by atoms with van der Waals surface area (Å²) in [6.45, 7) is 0. The van der Waals surface area contributed by atoms with Crippen molar-refractivity contribution in [2.45, 2.75) is 34.3 Å². The summed E-state index contributed by atoms with van der Waals surface area (Å²) in [6.07, 6.45) is 0. The molecule has 1 heterocycles. The van der Waals surface area contributed by atoms with Crippen LogP contribution in [0.5, 0.6) is 5.75 Å². The van der Waals surface area contributed by atoms with Gasteiger partial charge in [-0.25, -0.2) is 4.21 Å². The fourth-order valence-electron chi connectivity index (χ4n) is 3.48. The summed E-state index contributed by atoms with van der Waals surface area (Å²) in [4.78, 5) is 7.72. The second kappa shape index (κ2) is 8.34. The Bertz CT molecular complexity index is 1190. The average Bonchev–Trinajstić information content (AvgIpc) is 2.82. The Hall–Kier alpha value is -2.47. The third-order valence-electron chi connectivity index (χ3n) is 4.89. The Labute approximate surface area is 186 Å². The number of methoxy groups -OCH3 is 1. The van der Waals surface area contributed by atoms with Crippen molar-refractivity contribution >= 4 is 33.5 Å². The molecule has 0 bridgehead atoms. The smallest absolute Gasteiger partial charge is 0.186 e. The monoisotopic (exact) mass is 447 g/mol. The van der Waals surface area contributed by atoms with Gasteiger partial charge in [0.1, 0.15) is 16.6 Å². The molecule has 2 nitrogen and oxygen atoms in total. The first-order valence-electron chi connectivity index (χ1n) is 9.51. The van der Waals surface area contributed by atoms with Crippen LogP contribution in [0.1, 0.15) is 0 Å². The van der Waals surface area contributed by atoms with E-state index < -0.39 is 10.8 Å². The van der Waals surface area contributed by atoms with Crippen molar-refractivity contribution in [1.82, 2.24) is 0 Å². The minimum atomic E-state index is -1.28. The quantitative estimate of drug-likeness (QED) is 0.297. The third-order valence-corrected chi connectivity index (χ3v) is 10.3. The van der Waals surface area contributed by atoms with Crippen LogP contribution in [0.2, 0.25) is 0 Å². The number of rotatable bonds is 4. The summed E-state index contributed by atoms with van der Waals surface area (Å²) < 4.78 is 19.2. The summed E-state index contributed by atoms with van der Waals surface area (Å²) in [6, 6.07) is 32.6. The number of benzene rings is 4. The molecule has 5 rings (SSSR count). The summed E-state index contributed by atoms with van der Waals surface area (Å²) in [5, 5.41) is 0. The molecule has 1 unspecified atom stereocenters. The van der Waals surface area contributed by atoms with Gasteiger partial charge in [-0.1, -0.05) is 54.2 Å². The first kappa shape index (κ1) is 19.5. The van der Waals surface area contributed by atoms with Crippen molar-refractivity contribution in [1.29, 1.82) is 0 Å². The summed E-state index contributed by atoms with van der Waals surface area (Å²) in [7, 11) is 0.0264. The van der Waals surface area contributed by atoms with Gasteiger partial charge in [-0.3, -0.25) is 0 Å². The molecule has 0 amide bonds. The van der Waals surface area contributed by atoms with Crippen LogP contribution in [0.25, 0.3) is 0 Å². The minimum Gasteiger partial charge on any atom is -0.497 e. The van der Waals surface area contributed by atoms with Crippen molar-refractivity contribution in [2.24, 2.45) is 0 Å². The van der Waals surface area contributed by atoms with Crippen LogP contribution in [-0.4, -0.2) is 11.3 Å². The molecule has 0 N–H and O–H groups in total. The largest absolute Gasteiger partial charge is 0.497 e. The zero-order valence-corrected chi connectivity index (χ0v) is 18.7. The van der Waals surface area contributed by atoms with Crippen LogP contribution in [0.3, 0.4) is 0 Å². The fourth-order valence-corrected chi connectivity index (χ4v) is 8.85. The van der Waals surface area contributed by atoms with Crippen molar-refractivity contribution in [2.75, 3.05) is 7.11 Å². The molecule has 148 valence electrons. The molecular formula is C25H19O2S3+. The highest BCUT2D eigenvalue weighted by atomic mass is 32.2. The van der Waals surface area contributed by atoms with Gasteiger partial charge in [-0.2, -0.15) is 0 Å². The Morgan fingerprint density at radius 2 is 1.33 bits per heavy atom. The highest BCUT2D eigenvalue weighted by Gasteiger charge is 2.40. The van der Waals surface area contributed by atoms with Crippen molar-refractivity contribution in [3.05, 3.63) is 97.1 Å². The van der Waals surface area contributed by atoms with E-state index in [0.29, 0.717) is 0 Å². The Kier molecular flexibility index (Phi) is 5.42.